The van der Waals surface area contributed by atoms with Gasteiger partial charge in [-0.25, -0.2) is 14.9 Å². The van der Waals surface area contributed by atoms with Crippen molar-refractivity contribution in [1.29, 1.82) is 0 Å². The van der Waals surface area contributed by atoms with E-state index in [1.807, 2.05) is 30.3 Å². The zero-order chi connectivity index (χ0) is 22.9. The van der Waals surface area contributed by atoms with Crippen molar-refractivity contribution in [2.75, 3.05) is 18.6 Å². The lowest BCUT2D eigenvalue weighted by Gasteiger charge is -2.17. The number of hydrogen-bond acceptors (Lipinski definition) is 9. The number of anilines is 1. The van der Waals surface area contributed by atoms with Crippen LogP contribution in [0, 0.1) is 0 Å². The number of ether oxygens (including phenoxy) is 1. The van der Waals surface area contributed by atoms with E-state index in [9.17, 15) is 14.8 Å². The van der Waals surface area contributed by atoms with Crippen molar-refractivity contribution in [2.24, 2.45) is 0 Å². The average molecular weight is 485 g/mol. The molecular formula is C19H22ClN4O7P. The first-order valence-corrected chi connectivity index (χ1v) is 12.1. The second-order valence-corrected chi connectivity index (χ2v) is 9.51. The zero-order valence-corrected chi connectivity index (χ0v) is 18.6. The summed E-state index contributed by atoms with van der Waals surface area (Å²) >= 11 is 6.21. The van der Waals surface area contributed by atoms with Gasteiger partial charge in [0.15, 0.2) is 11.9 Å². The summed E-state index contributed by atoms with van der Waals surface area (Å²) in [5, 5.41) is 24.3. The van der Waals surface area contributed by atoms with Gasteiger partial charge in [0.25, 0.3) is 0 Å². The monoisotopic (exact) mass is 484 g/mol. The fraction of sp³-hybridized carbons (Fsp3) is 0.368. The lowest BCUT2D eigenvalue weighted by molar-refractivity contribution is -0.238. The van der Waals surface area contributed by atoms with Gasteiger partial charge in [-0.2, -0.15) is 0 Å². The lowest BCUT2D eigenvalue weighted by atomic mass is 10.1. The van der Waals surface area contributed by atoms with Crippen molar-refractivity contribution in [3.63, 3.8) is 0 Å². The molecule has 1 fully saturated rings. The zero-order valence-electron chi connectivity index (χ0n) is 16.9. The highest BCUT2D eigenvalue weighted by atomic mass is 35.5. The molecule has 172 valence electrons. The minimum Gasteiger partial charge on any atom is -0.387 e. The fourth-order valence-electron chi connectivity index (χ4n) is 3.38. The molecule has 3 aromatic rings. The Kier molecular flexibility index (Phi) is 6.80. The topological polar surface area (TPSA) is 148 Å². The molecule has 5 atom stereocenters. The van der Waals surface area contributed by atoms with Crippen LogP contribution in [0.2, 0.25) is 5.15 Å². The highest BCUT2D eigenvalue weighted by molar-refractivity contribution is 7.51. The van der Waals surface area contributed by atoms with Gasteiger partial charge >= 0.3 is 7.60 Å². The molecule has 0 radical (unpaired) electrons. The molecule has 0 saturated carbocycles. The third-order valence-electron chi connectivity index (χ3n) is 4.86. The molecule has 4 N–H and O–H groups in total. The second-order valence-electron chi connectivity index (χ2n) is 7.36. The largest absolute Gasteiger partial charge is 0.387 e. The third-order valence-corrected chi connectivity index (χ3v) is 5.43. The molecule has 1 saturated heterocycles. The van der Waals surface area contributed by atoms with Crippen LogP contribution in [0.3, 0.4) is 0 Å². The summed E-state index contributed by atoms with van der Waals surface area (Å²) in [4.78, 5) is 22.5. The molecule has 2 aromatic heterocycles. The van der Waals surface area contributed by atoms with Crippen LogP contribution in [-0.4, -0.2) is 61.2 Å². The maximum Gasteiger partial charge on any atom is 0.352 e. The predicted octanol–water partition coefficient (Wildman–Crippen LogP) is 2.08. The number of aliphatic hydroxyl groups is 2. The number of benzene rings is 1. The van der Waals surface area contributed by atoms with Gasteiger partial charge in [0.1, 0.15) is 35.6 Å². The number of rotatable bonds is 8. The van der Waals surface area contributed by atoms with E-state index in [2.05, 4.69) is 24.8 Å². The van der Waals surface area contributed by atoms with Crippen molar-refractivity contribution in [3.05, 3.63) is 53.4 Å². The van der Waals surface area contributed by atoms with Gasteiger partial charge in [0.2, 0.25) is 0 Å². The van der Waals surface area contributed by atoms with E-state index in [1.165, 1.54) is 10.9 Å². The van der Waals surface area contributed by atoms with Crippen molar-refractivity contribution in [1.82, 2.24) is 14.5 Å². The van der Waals surface area contributed by atoms with Gasteiger partial charge in [-0.3, -0.25) is 9.13 Å². The average Bonchev–Trinajstić information content (AvgIpc) is 3.28. The molecule has 4 rings (SSSR count). The van der Waals surface area contributed by atoms with Crippen LogP contribution in [-0.2, 0) is 25.4 Å². The summed E-state index contributed by atoms with van der Waals surface area (Å²) in [6.07, 6.45) is -3.32. The Morgan fingerprint density at radius 2 is 2.03 bits per heavy atom. The minimum absolute atomic E-state index is 0.206. The van der Waals surface area contributed by atoms with Crippen LogP contribution >= 0.6 is 19.2 Å². The van der Waals surface area contributed by atoms with E-state index in [1.54, 1.807) is 6.07 Å². The molecule has 3 heterocycles. The molecule has 0 amide bonds. The number of nitrogens with zero attached hydrogens (tertiary/aromatic N) is 3. The normalized spacial score (nSPS) is 25.2. The first kappa shape index (κ1) is 23.1. The van der Waals surface area contributed by atoms with E-state index in [0.717, 1.165) is 12.2 Å². The second kappa shape index (κ2) is 9.42. The van der Waals surface area contributed by atoms with Gasteiger partial charge < -0.3 is 25.2 Å². The summed E-state index contributed by atoms with van der Waals surface area (Å²) in [6, 6.07) is 11.4. The standard InChI is InChI=1S/C19H22ClN4O7P/c1-32(27,28)31-29-9-13-16(25)17(26)19(30-13)24-10-22-15-12(7-14(20)23-18(15)24)21-8-11-5-3-2-4-6-11/h2-7,10,13,16-17,19,25-26H,8-9H2,1H3,(H,21,23)(H,27,28)/t13-,16-,17-,19-/m1/s1. The molecule has 0 aliphatic carbocycles. The Bertz CT molecular complexity index is 1130. The number of imidazole rings is 1. The Morgan fingerprint density at radius 1 is 1.28 bits per heavy atom. The number of halogens is 1. The van der Waals surface area contributed by atoms with E-state index < -0.39 is 32.1 Å². The molecule has 1 aromatic carbocycles. The fourth-order valence-corrected chi connectivity index (χ4v) is 3.83. The minimum atomic E-state index is -3.86. The van der Waals surface area contributed by atoms with Crippen LogP contribution in [0.1, 0.15) is 11.8 Å². The maximum absolute atomic E-state index is 11.2. The van der Waals surface area contributed by atoms with E-state index in [4.69, 9.17) is 21.2 Å². The molecule has 1 unspecified atom stereocenters. The Hall–Kier alpha value is -2.08. The van der Waals surface area contributed by atoms with Crippen molar-refractivity contribution in [3.8, 4) is 0 Å². The lowest BCUT2D eigenvalue weighted by Crippen LogP contribution is -2.33. The summed E-state index contributed by atoms with van der Waals surface area (Å²) in [5.74, 6) is 0. The number of aliphatic hydroxyl groups excluding tert-OH is 2. The molecular weight excluding hydrogens is 463 g/mol. The molecule has 1 aliphatic heterocycles. The first-order valence-electron chi connectivity index (χ1n) is 9.67. The van der Waals surface area contributed by atoms with E-state index >= 15 is 0 Å². The first-order chi connectivity index (χ1) is 15.2. The number of fused-ring (bicyclic) bond motifs is 1. The predicted molar refractivity (Wildman–Crippen MR) is 115 cm³/mol. The molecule has 1 aliphatic rings. The van der Waals surface area contributed by atoms with E-state index in [-0.39, 0.29) is 11.8 Å². The summed E-state index contributed by atoms with van der Waals surface area (Å²) in [5.41, 5.74) is 2.56. The van der Waals surface area contributed by atoms with Crippen molar-refractivity contribution in [2.45, 2.75) is 31.1 Å². The van der Waals surface area contributed by atoms with Crippen LogP contribution in [0.15, 0.2) is 42.7 Å². The highest BCUT2D eigenvalue weighted by Gasteiger charge is 2.44. The number of pyridine rings is 1. The van der Waals surface area contributed by atoms with Crippen LogP contribution in [0.25, 0.3) is 11.2 Å². The Morgan fingerprint density at radius 3 is 2.75 bits per heavy atom. The highest BCUT2D eigenvalue weighted by Crippen LogP contribution is 2.38. The SMILES string of the molecule is CP(=O)(O)OOC[C@H]1O[C@@H](n2cnc3c(NCc4ccccc4)cc(Cl)nc32)[C@H](O)[C@@H]1O. The van der Waals surface area contributed by atoms with Crippen LogP contribution in [0.4, 0.5) is 5.69 Å². The van der Waals surface area contributed by atoms with Crippen molar-refractivity contribution >= 4 is 36.0 Å². The number of aromatic nitrogens is 3. The van der Waals surface area contributed by atoms with Gasteiger partial charge in [0, 0.05) is 19.3 Å². The molecule has 32 heavy (non-hydrogen) atoms. The van der Waals surface area contributed by atoms with Crippen LogP contribution < -0.4 is 5.32 Å². The van der Waals surface area contributed by atoms with Gasteiger partial charge in [-0.05, 0) is 5.56 Å². The van der Waals surface area contributed by atoms with Gasteiger partial charge in [-0.1, -0.05) is 41.9 Å². The van der Waals surface area contributed by atoms with Gasteiger partial charge in [0.05, 0.1) is 12.0 Å². The Labute approximate surface area is 188 Å². The number of nitrogens with one attached hydrogen (secondary N) is 1. The maximum atomic E-state index is 11.2. The summed E-state index contributed by atoms with van der Waals surface area (Å²) in [7, 11) is -3.86. The van der Waals surface area contributed by atoms with Gasteiger partial charge in [-0.15, -0.1) is 4.67 Å². The van der Waals surface area contributed by atoms with E-state index in [0.29, 0.717) is 23.4 Å². The molecule has 13 heteroatoms. The summed E-state index contributed by atoms with van der Waals surface area (Å²) in [6.45, 7) is 1.11. The third kappa shape index (κ3) is 5.11. The summed E-state index contributed by atoms with van der Waals surface area (Å²) < 4.78 is 22.7. The molecule has 0 bridgehead atoms. The van der Waals surface area contributed by atoms with Crippen molar-refractivity contribution < 1.29 is 34.0 Å². The number of hydrogen-bond donors (Lipinski definition) is 4. The smallest absolute Gasteiger partial charge is 0.352 e. The molecule has 11 nitrogen and oxygen atoms in total. The Balaban J connectivity index is 1.54. The van der Waals surface area contributed by atoms with Crippen LogP contribution in [0.5, 0.6) is 0 Å². The molecule has 0 spiro atoms. The quantitative estimate of drug-likeness (QED) is 0.162.